The molecule has 19 heavy (non-hydrogen) atoms. The van der Waals surface area contributed by atoms with Crippen molar-refractivity contribution in [2.45, 2.75) is 24.5 Å². The van der Waals surface area contributed by atoms with Crippen LogP contribution in [-0.2, 0) is 0 Å². The first kappa shape index (κ1) is 12.6. The van der Waals surface area contributed by atoms with Crippen LogP contribution in [0.15, 0.2) is 30.5 Å². The van der Waals surface area contributed by atoms with Crippen LogP contribution in [0.2, 0.25) is 0 Å². The molecular weight excluding hydrogens is 254 g/mol. The zero-order chi connectivity index (χ0) is 13.3. The van der Waals surface area contributed by atoms with Crippen LogP contribution < -0.4 is 11.1 Å². The van der Waals surface area contributed by atoms with Crippen molar-refractivity contribution in [2.24, 2.45) is 0 Å². The van der Waals surface area contributed by atoms with Crippen LogP contribution in [0.5, 0.6) is 0 Å². The molecule has 100 valence electrons. The molecule has 1 saturated heterocycles. The highest BCUT2D eigenvalue weighted by atomic mass is 32.2. The summed E-state index contributed by atoms with van der Waals surface area (Å²) in [5, 5.41) is 4.69. The standard InChI is InChI=1S/C15H19N3S/c1-15(7-3-9-19-15)10-18-13-6-5-12(16)14-11(13)4-2-8-17-14/h2,4-6,8,18H,3,7,9-10,16H2,1H3. The summed E-state index contributed by atoms with van der Waals surface area (Å²) in [4.78, 5) is 4.37. The first-order valence-electron chi connectivity index (χ1n) is 6.69. The third-order valence-electron chi connectivity index (χ3n) is 3.75. The van der Waals surface area contributed by atoms with Crippen molar-refractivity contribution in [3.05, 3.63) is 30.5 Å². The summed E-state index contributed by atoms with van der Waals surface area (Å²) in [6, 6.07) is 8.02. The Morgan fingerprint density at radius 2 is 2.32 bits per heavy atom. The first-order valence-corrected chi connectivity index (χ1v) is 7.68. The quantitative estimate of drug-likeness (QED) is 0.840. The Kier molecular flexibility index (Phi) is 3.27. The Morgan fingerprint density at radius 3 is 3.11 bits per heavy atom. The summed E-state index contributed by atoms with van der Waals surface area (Å²) in [5.74, 6) is 1.28. The second kappa shape index (κ2) is 4.93. The fourth-order valence-corrected chi connectivity index (χ4v) is 3.85. The number of pyridine rings is 1. The minimum Gasteiger partial charge on any atom is -0.397 e. The average molecular weight is 273 g/mol. The van der Waals surface area contributed by atoms with Crippen molar-refractivity contribution in [3.8, 4) is 0 Å². The molecule has 1 atom stereocenters. The van der Waals surface area contributed by atoms with Crippen LogP contribution in [0, 0.1) is 0 Å². The number of rotatable bonds is 3. The maximum absolute atomic E-state index is 5.97. The van der Waals surface area contributed by atoms with E-state index in [1.54, 1.807) is 6.20 Å². The molecule has 3 nitrogen and oxygen atoms in total. The van der Waals surface area contributed by atoms with E-state index in [0.29, 0.717) is 4.75 Å². The van der Waals surface area contributed by atoms with Crippen molar-refractivity contribution in [1.82, 2.24) is 4.98 Å². The zero-order valence-electron chi connectivity index (χ0n) is 11.1. The van der Waals surface area contributed by atoms with E-state index >= 15 is 0 Å². The number of nitrogens with one attached hydrogen (secondary N) is 1. The number of hydrogen-bond donors (Lipinski definition) is 2. The fraction of sp³-hybridized carbons (Fsp3) is 0.400. The number of hydrogen-bond acceptors (Lipinski definition) is 4. The molecule has 2 heterocycles. The van der Waals surface area contributed by atoms with E-state index in [2.05, 4.69) is 41.1 Å². The number of thioether (sulfide) groups is 1. The monoisotopic (exact) mass is 273 g/mol. The zero-order valence-corrected chi connectivity index (χ0v) is 12.0. The highest BCUT2D eigenvalue weighted by molar-refractivity contribution is 8.00. The lowest BCUT2D eigenvalue weighted by Crippen LogP contribution is -2.27. The number of nitrogens with zero attached hydrogens (tertiary/aromatic N) is 1. The van der Waals surface area contributed by atoms with Gasteiger partial charge in [0.25, 0.3) is 0 Å². The Hall–Kier alpha value is -1.42. The van der Waals surface area contributed by atoms with Crippen LogP contribution in [0.25, 0.3) is 10.9 Å². The Bertz CT molecular complexity index is 591. The summed E-state index contributed by atoms with van der Waals surface area (Å²) in [7, 11) is 0. The minimum atomic E-state index is 0.357. The molecule has 1 aromatic heterocycles. The highest BCUT2D eigenvalue weighted by Gasteiger charge is 2.29. The SMILES string of the molecule is CC1(CNc2ccc(N)c3ncccc23)CCCS1. The Balaban J connectivity index is 1.87. The number of benzene rings is 1. The van der Waals surface area contributed by atoms with Gasteiger partial charge < -0.3 is 11.1 Å². The molecule has 3 rings (SSSR count). The maximum atomic E-state index is 5.97. The summed E-state index contributed by atoms with van der Waals surface area (Å²) in [6.45, 7) is 3.33. The van der Waals surface area contributed by atoms with Crippen LogP contribution >= 0.6 is 11.8 Å². The van der Waals surface area contributed by atoms with Gasteiger partial charge in [-0.05, 0) is 49.8 Å². The van der Waals surface area contributed by atoms with Crippen LogP contribution in [0.3, 0.4) is 0 Å². The van der Waals surface area contributed by atoms with Gasteiger partial charge in [-0.1, -0.05) is 0 Å². The predicted octanol–water partition coefficient (Wildman–Crippen LogP) is 3.51. The van der Waals surface area contributed by atoms with Crippen LogP contribution in [-0.4, -0.2) is 22.0 Å². The summed E-state index contributed by atoms with van der Waals surface area (Å²) in [5.41, 5.74) is 8.73. The molecule has 1 aliphatic rings. The predicted molar refractivity (Wildman–Crippen MR) is 84.7 cm³/mol. The molecule has 1 aliphatic heterocycles. The third kappa shape index (κ3) is 2.50. The average Bonchev–Trinajstić information content (AvgIpc) is 2.86. The molecule has 0 bridgehead atoms. The van der Waals surface area contributed by atoms with Crippen LogP contribution in [0.1, 0.15) is 19.8 Å². The van der Waals surface area contributed by atoms with Crippen molar-refractivity contribution < 1.29 is 0 Å². The Labute approximate surface area is 118 Å². The molecule has 3 N–H and O–H groups in total. The van der Waals surface area contributed by atoms with E-state index in [1.807, 2.05) is 12.1 Å². The van der Waals surface area contributed by atoms with E-state index in [9.17, 15) is 0 Å². The lowest BCUT2D eigenvalue weighted by molar-refractivity contribution is 0.635. The molecule has 0 radical (unpaired) electrons. The van der Waals surface area contributed by atoms with E-state index < -0.39 is 0 Å². The number of fused-ring (bicyclic) bond motifs is 1. The van der Waals surface area contributed by atoms with Crippen molar-refractivity contribution >= 4 is 34.0 Å². The second-order valence-corrected chi connectivity index (χ2v) is 7.04. The lowest BCUT2D eigenvalue weighted by Gasteiger charge is -2.24. The van der Waals surface area contributed by atoms with Crippen molar-refractivity contribution in [1.29, 1.82) is 0 Å². The fourth-order valence-electron chi connectivity index (χ4n) is 2.61. The molecule has 0 aliphatic carbocycles. The normalized spacial score (nSPS) is 22.8. The molecule has 2 aromatic rings. The van der Waals surface area contributed by atoms with E-state index in [1.165, 1.54) is 18.6 Å². The second-order valence-electron chi connectivity index (χ2n) is 5.36. The van der Waals surface area contributed by atoms with Gasteiger partial charge in [-0.25, -0.2) is 0 Å². The van der Waals surface area contributed by atoms with Gasteiger partial charge in [0, 0.05) is 28.6 Å². The maximum Gasteiger partial charge on any atom is 0.0951 e. The molecule has 0 saturated carbocycles. The van der Waals surface area contributed by atoms with Gasteiger partial charge >= 0.3 is 0 Å². The minimum absolute atomic E-state index is 0.357. The third-order valence-corrected chi connectivity index (χ3v) is 5.29. The van der Waals surface area contributed by atoms with Gasteiger partial charge in [-0.2, -0.15) is 11.8 Å². The molecule has 1 fully saturated rings. The lowest BCUT2D eigenvalue weighted by atomic mass is 10.1. The molecule has 1 aromatic carbocycles. The molecule has 1 unspecified atom stereocenters. The van der Waals surface area contributed by atoms with Crippen LogP contribution in [0.4, 0.5) is 11.4 Å². The van der Waals surface area contributed by atoms with E-state index in [0.717, 1.165) is 28.8 Å². The first-order chi connectivity index (χ1) is 9.18. The van der Waals surface area contributed by atoms with Gasteiger partial charge in [0.1, 0.15) is 0 Å². The van der Waals surface area contributed by atoms with Crippen molar-refractivity contribution in [3.63, 3.8) is 0 Å². The molecular formula is C15H19N3S. The Morgan fingerprint density at radius 1 is 1.42 bits per heavy atom. The van der Waals surface area contributed by atoms with Gasteiger partial charge in [-0.15, -0.1) is 0 Å². The van der Waals surface area contributed by atoms with E-state index in [4.69, 9.17) is 5.73 Å². The molecule has 0 amide bonds. The van der Waals surface area contributed by atoms with Gasteiger partial charge in [-0.3, -0.25) is 4.98 Å². The number of anilines is 2. The number of nitrogens with two attached hydrogens (primary N) is 1. The number of aromatic nitrogens is 1. The van der Waals surface area contributed by atoms with Gasteiger partial charge in [0.15, 0.2) is 0 Å². The van der Waals surface area contributed by atoms with Crippen molar-refractivity contribution in [2.75, 3.05) is 23.3 Å². The summed E-state index contributed by atoms with van der Waals surface area (Å²) >= 11 is 2.07. The molecule has 0 spiro atoms. The largest absolute Gasteiger partial charge is 0.397 e. The topological polar surface area (TPSA) is 50.9 Å². The van der Waals surface area contributed by atoms with Gasteiger partial charge in [0.05, 0.1) is 11.2 Å². The number of nitrogen functional groups attached to an aromatic ring is 1. The molecule has 4 heteroatoms. The van der Waals surface area contributed by atoms with E-state index in [-0.39, 0.29) is 0 Å². The highest BCUT2D eigenvalue weighted by Crippen LogP contribution is 2.38. The van der Waals surface area contributed by atoms with Gasteiger partial charge in [0.2, 0.25) is 0 Å². The smallest absolute Gasteiger partial charge is 0.0951 e. The summed E-state index contributed by atoms with van der Waals surface area (Å²) in [6.07, 6.45) is 4.40. The summed E-state index contributed by atoms with van der Waals surface area (Å²) < 4.78 is 0.357.